The smallest absolute Gasteiger partial charge is 0.161 e. The van der Waals surface area contributed by atoms with E-state index in [9.17, 15) is 4.79 Å². The Balaban J connectivity index is 0.00000192. The number of piperazine rings is 1. The summed E-state index contributed by atoms with van der Waals surface area (Å²) in [7, 11) is 0. The first-order chi connectivity index (χ1) is 10.7. The highest BCUT2D eigenvalue weighted by Gasteiger charge is 2.20. The minimum Gasteiger partial charge on any atom is -0.368 e. The van der Waals surface area contributed by atoms with Gasteiger partial charge in [0.25, 0.3) is 0 Å². The van der Waals surface area contributed by atoms with Gasteiger partial charge in [0.15, 0.2) is 5.78 Å². The van der Waals surface area contributed by atoms with Crippen molar-refractivity contribution >= 4 is 23.9 Å². The highest BCUT2D eigenvalue weighted by atomic mass is 35.5. The Bertz CT molecular complexity index is 637. The molecule has 0 aliphatic carbocycles. The average Bonchev–Trinajstić information content (AvgIpc) is 2.56. The zero-order valence-corrected chi connectivity index (χ0v) is 14.3. The van der Waals surface area contributed by atoms with Gasteiger partial charge < -0.3 is 4.90 Å². The number of para-hydroxylation sites is 1. The van der Waals surface area contributed by atoms with E-state index in [2.05, 4.69) is 46.2 Å². The maximum Gasteiger partial charge on any atom is 0.161 e. The molecule has 1 fully saturated rings. The van der Waals surface area contributed by atoms with Crippen LogP contribution in [0.15, 0.2) is 54.6 Å². The van der Waals surface area contributed by atoms with Gasteiger partial charge in [-0.3, -0.25) is 9.69 Å². The van der Waals surface area contributed by atoms with Crippen molar-refractivity contribution in [2.75, 3.05) is 31.1 Å². The molecule has 0 saturated carbocycles. The summed E-state index contributed by atoms with van der Waals surface area (Å²) in [5.41, 5.74) is 3.27. The number of ketones is 1. The van der Waals surface area contributed by atoms with E-state index < -0.39 is 0 Å². The Morgan fingerprint density at radius 2 is 1.52 bits per heavy atom. The van der Waals surface area contributed by atoms with E-state index in [4.69, 9.17) is 0 Å². The maximum atomic E-state index is 11.8. The molecule has 0 radical (unpaired) electrons. The molecule has 0 bridgehead atoms. The first kappa shape index (κ1) is 17.5. The third-order valence-corrected chi connectivity index (χ3v) is 4.25. The molecule has 0 aromatic heterocycles. The standard InChI is InChI=1S/C19H22N2O.ClH/c1-16(22)18-9-5-6-10-19(18)21-13-11-20(12-14-21)15-17-7-3-2-4-8-17;/h2-10H,11-15H2,1H3;1H. The van der Waals surface area contributed by atoms with Gasteiger partial charge in [0.2, 0.25) is 0 Å². The molecule has 0 amide bonds. The Morgan fingerprint density at radius 1 is 0.913 bits per heavy atom. The molecule has 0 unspecified atom stereocenters. The zero-order chi connectivity index (χ0) is 15.4. The summed E-state index contributed by atoms with van der Waals surface area (Å²) < 4.78 is 0. The molecular formula is C19H23ClN2O. The van der Waals surface area contributed by atoms with Crippen LogP contribution in [0, 0.1) is 0 Å². The molecule has 23 heavy (non-hydrogen) atoms. The fourth-order valence-corrected chi connectivity index (χ4v) is 3.04. The summed E-state index contributed by atoms with van der Waals surface area (Å²) >= 11 is 0. The van der Waals surface area contributed by atoms with Crippen molar-refractivity contribution < 1.29 is 4.79 Å². The number of nitrogens with zero attached hydrogens (tertiary/aromatic N) is 2. The van der Waals surface area contributed by atoms with E-state index in [1.54, 1.807) is 6.92 Å². The second-order valence-electron chi connectivity index (χ2n) is 5.82. The third kappa shape index (κ3) is 4.34. The van der Waals surface area contributed by atoms with Gasteiger partial charge in [0.1, 0.15) is 0 Å². The van der Waals surface area contributed by atoms with Crippen LogP contribution in [0.1, 0.15) is 22.8 Å². The van der Waals surface area contributed by atoms with Crippen LogP contribution < -0.4 is 4.90 Å². The van der Waals surface area contributed by atoms with Gasteiger partial charge in [-0.05, 0) is 24.6 Å². The molecule has 0 N–H and O–H groups in total. The molecule has 1 aliphatic rings. The lowest BCUT2D eigenvalue weighted by Crippen LogP contribution is -2.46. The van der Waals surface area contributed by atoms with Crippen molar-refractivity contribution in [1.29, 1.82) is 0 Å². The molecule has 1 aliphatic heterocycles. The number of rotatable bonds is 4. The lowest BCUT2D eigenvalue weighted by atomic mass is 10.1. The van der Waals surface area contributed by atoms with E-state index in [1.807, 2.05) is 18.2 Å². The van der Waals surface area contributed by atoms with E-state index >= 15 is 0 Å². The fourth-order valence-electron chi connectivity index (χ4n) is 3.04. The van der Waals surface area contributed by atoms with Crippen LogP contribution >= 0.6 is 12.4 Å². The quantitative estimate of drug-likeness (QED) is 0.800. The van der Waals surface area contributed by atoms with E-state index in [0.29, 0.717) is 0 Å². The zero-order valence-electron chi connectivity index (χ0n) is 13.4. The van der Waals surface area contributed by atoms with Crippen LogP contribution in [-0.4, -0.2) is 36.9 Å². The Labute approximate surface area is 144 Å². The number of anilines is 1. The van der Waals surface area contributed by atoms with Crippen LogP contribution in [0.2, 0.25) is 0 Å². The summed E-state index contributed by atoms with van der Waals surface area (Å²) in [6.07, 6.45) is 0. The molecule has 0 atom stereocenters. The van der Waals surface area contributed by atoms with Crippen molar-refractivity contribution in [2.24, 2.45) is 0 Å². The van der Waals surface area contributed by atoms with E-state index in [1.165, 1.54) is 5.56 Å². The number of hydrogen-bond acceptors (Lipinski definition) is 3. The molecule has 2 aromatic carbocycles. The second kappa shape index (κ2) is 8.14. The molecule has 3 rings (SSSR count). The number of carbonyl (C=O) groups excluding carboxylic acids is 1. The predicted octanol–water partition coefficient (Wildman–Crippen LogP) is 3.63. The van der Waals surface area contributed by atoms with Crippen molar-refractivity contribution in [3.05, 3.63) is 65.7 Å². The van der Waals surface area contributed by atoms with Crippen LogP contribution in [0.4, 0.5) is 5.69 Å². The Kier molecular flexibility index (Phi) is 6.20. The number of benzene rings is 2. The highest BCUT2D eigenvalue weighted by Crippen LogP contribution is 2.22. The summed E-state index contributed by atoms with van der Waals surface area (Å²) in [5.74, 6) is 0.141. The average molecular weight is 331 g/mol. The van der Waals surface area contributed by atoms with Crippen LogP contribution in [0.25, 0.3) is 0 Å². The molecule has 2 aromatic rings. The molecular weight excluding hydrogens is 308 g/mol. The summed E-state index contributed by atoms with van der Waals surface area (Å²) in [6, 6.07) is 18.5. The lowest BCUT2D eigenvalue weighted by molar-refractivity contribution is 0.101. The first-order valence-corrected chi connectivity index (χ1v) is 7.85. The van der Waals surface area contributed by atoms with Crippen LogP contribution in [0.3, 0.4) is 0 Å². The van der Waals surface area contributed by atoms with Crippen molar-refractivity contribution in [2.45, 2.75) is 13.5 Å². The van der Waals surface area contributed by atoms with Gasteiger partial charge in [0, 0.05) is 44.0 Å². The monoisotopic (exact) mass is 330 g/mol. The number of carbonyl (C=O) groups is 1. The summed E-state index contributed by atoms with van der Waals surface area (Å²) in [4.78, 5) is 16.6. The lowest BCUT2D eigenvalue weighted by Gasteiger charge is -2.36. The molecule has 122 valence electrons. The SMILES string of the molecule is CC(=O)c1ccccc1N1CCN(Cc2ccccc2)CC1.Cl. The largest absolute Gasteiger partial charge is 0.368 e. The van der Waals surface area contributed by atoms with Gasteiger partial charge in [-0.1, -0.05) is 42.5 Å². The molecule has 3 nitrogen and oxygen atoms in total. The van der Waals surface area contributed by atoms with Crippen molar-refractivity contribution in [3.63, 3.8) is 0 Å². The van der Waals surface area contributed by atoms with Crippen molar-refractivity contribution in [3.8, 4) is 0 Å². The number of hydrogen-bond donors (Lipinski definition) is 0. The molecule has 0 spiro atoms. The predicted molar refractivity (Wildman–Crippen MR) is 97.6 cm³/mol. The number of Topliss-reactive ketones (excluding diaryl/α,β-unsaturated/α-hetero) is 1. The summed E-state index contributed by atoms with van der Waals surface area (Å²) in [5, 5.41) is 0. The van der Waals surface area contributed by atoms with Gasteiger partial charge >= 0.3 is 0 Å². The minimum atomic E-state index is 0. The van der Waals surface area contributed by atoms with Gasteiger partial charge in [-0.2, -0.15) is 0 Å². The normalized spacial score (nSPS) is 15.1. The fraction of sp³-hybridized carbons (Fsp3) is 0.316. The first-order valence-electron chi connectivity index (χ1n) is 7.85. The van der Waals surface area contributed by atoms with Gasteiger partial charge in [-0.15, -0.1) is 12.4 Å². The highest BCUT2D eigenvalue weighted by molar-refractivity contribution is 5.99. The minimum absolute atomic E-state index is 0. The maximum absolute atomic E-state index is 11.8. The van der Waals surface area contributed by atoms with Gasteiger partial charge in [-0.25, -0.2) is 0 Å². The Hall–Kier alpha value is -1.84. The van der Waals surface area contributed by atoms with Crippen LogP contribution in [0.5, 0.6) is 0 Å². The van der Waals surface area contributed by atoms with Gasteiger partial charge in [0.05, 0.1) is 0 Å². The van der Waals surface area contributed by atoms with E-state index in [-0.39, 0.29) is 18.2 Å². The molecule has 1 saturated heterocycles. The molecule has 1 heterocycles. The third-order valence-electron chi connectivity index (χ3n) is 4.25. The second-order valence-corrected chi connectivity index (χ2v) is 5.82. The number of halogens is 1. The molecule has 4 heteroatoms. The van der Waals surface area contributed by atoms with Crippen molar-refractivity contribution in [1.82, 2.24) is 4.90 Å². The Morgan fingerprint density at radius 3 is 2.17 bits per heavy atom. The van der Waals surface area contributed by atoms with E-state index in [0.717, 1.165) is 44.0 Å². The van der Waals surface area contributed by atoms with Crippen LogP contribution in [-0.2, 0) is 6.54 Å². The summed E-state index contributed by atoms with van der Waals surface area (Å²) in [6.45, 7) is 6.64. The topological polar surface area (TPSA) is 23.6 Å².